The van der Waals surface area contributed by atoms with Crippen molar-refractivity contribution in [3.05, 3.63) is 41.5 Å². The van der Waals surface area contributed by atoms with Gasteiger partial charge >= 0.3 is 0 Å². The van der Waals surface area contributed by atoms with Crippen LogP contribution in [-0.4, -0.2) is 15.7 Å². The quantitative estimate of drug-likeness (QED) is 0.780. The van der Waals surface area contributed by atoms with Crippen molar-refractivity contribution in [2.24, 2.45) is 11.3 Å². The molecule has 0 N–H and O–H groups in total. The Balaban J connectivity index is 1.93. The van der Waals surface area contributed by atoms with Gasteiger partial charge in [-0.15, -0.1) is 0 Å². The topological polar surface area (TPSA) is 34.1 Å². The van der Waals surface area contributed by atoms with Crippen LogP contribution >= 0.6 is 0 Å². The minimum Gasteiger partial charge on any atom is -0.299 e. The van der Waals surface area contributed by atoms with E-state index in [1.807, 2.05) is 30.3 Å². The van der Waals surface area contributed by atoms with Crippen LogP contribution in [0.4, 0.5) is 0 Å². The molecule has 0 saturated heterocycles. The zero-order chi connectivity index (χ0) is 15.7. The second kappa shape index (κ2) is 6.11. The summed E-state index contributed by atoms with van der Waals surface area (Å²) in [6.07, 6.45) is 4.57. The number of ketones is 1. The maximum atomic E-state index is 12.8. The summed E-state index contributed by atoms with van der Waals surface area (Å²) in [6, 6.07) is 9.59. The van der Waals surface area contributed by atoms with Crippen LogP contribution in [0.25, 0.3) is 0 Å². The molecule has 1 saturated carbocycles. The third-order valence-electron chi connectivity index (χ3n) is 5.55. The monoisotopic (exact) mass is 316 g/mol. The van der Waals surface area contributed by atoms with Crippen molar-refractivity contribution >= 4 is 16.6 Å². The summed E-state index contributed by atoms with van der Waals surface area (Å²) in [5.74, 6) is 1.22. The number of benzene rings is 1. The molecule has 0 amide bonds. The molecule has 3 heteroatoms. The number of rotatable bonds is 3. The normalized spacial score (nSPS) is 30.1. The molecule has 2 nitrogen and oxygen atoms in total. The van der Waals surface area contributed by atoms with E-state index in [9.17, 15) is 9.00 Å². The van der Waals surface area contributed by atoms with Gasteiger partial charge in [0.25, 0.3) is 0 Å². The molecule has 1 aromatic rings. The Labute approximate surface area is 135 Å². The molecule has 0 spiro atoms. The lowest BCUT2D eigenvalue weighted by Crippen LogP contribution is -2.48. The van der Waals surface area contributed by atoms with Gasteiger partial charge in [0.2, 0.25) is 0 Å². The van der Waals surface area contributed by atoms with Crippen LogP contribution in [-0.2, 0) is 15.6 Å². The number of Topliss-reactive ketones (excluding diaryl/α,β-unsaturated/α-hetero) is 1. The molecule has 0 heterocycles. The van der Waals surface area contributed by atoms with E-state index in [-0.39, 0.29) is 5.41 Å². The highest BCUT2D eigenvalue weighted by atomic mass is 32.2. The van der Waals surface area contributed by atoms with Crippen LogP contribution in [0.1, 0.15) is 46.0 Å². The molecular weight excluding hydrogens is 292 g/mol. The number of carbonyl (C=O) groups is 1. The SMILES string of the molecule is CC1=C(C)C[C@@]2(C[S@@](=O)c3ccccc3)C(=O)CCC[C@@H]2C1. The Kier molecular flexibility index (Phi) is 4.35. The van der Waals surface area contributed by atoms with Gasteiger partial charge in [0.1, 0.15) is 5.78 Å². The fourth-order valence-corrected chi connectivity index (χ4v) is 5.70. The largest absolute Gasteiger partial charge is 0.299 e. The summed E-state index contributed by atoms with van der Waals surface area (Å²) in [4.78, 5) is 13.7. The van der Waals surface area contributed by atoms with E-state index in [4.69, 9.17) is 0 Å². The number of carbonyl (C=O) groups excluding carboxylic acids is 1. The van der Waals surface area contributed by atoms with E-state index in [1.165, 1.54) is 11.1 Å². The van der Waals surface area contributed by atoms with Gasteiger partial charge in [-0.3, -0.25) is 9.00 Å². The Morgan fingerprint density at radius 1 is 1.18 bits per heavy atom. The lowest BCUT2D eigenvalue weighted by atomic mass is 9.59. The molecule has 1 aromatic carbocycles. The van der Waals surface area contributed by atoms with Crippen molar-refractivity contribution in [3.8, 4) is 0 Å². The lowest BCUT2D eigenvalue weighted by Gasteiger charge is -2.46. The summed E-state index contributed by atoms with van der Waals surface area (Å²) < 4.78 is 12.8. The second-order valence-electron chi connectivity index (χ2n) is 6.91. The molecular formula is C19H24O2S. The average molecular weight is 316 g/mol. The molecule has 3 rings (SSSR count). The van der Waals surface area contributed by atoms with Crippen LogP contribution < -0.4 is 0 Å². The zero-order valence-electron chi connectivity index (χ0n) is 13.4. The molecule has 0 aliphatic heterocycles. The summed E-state index contributed by atoms with van der Waals surface area (Å²) in [5, 5.41) is 0. The number of allylic oxidation sites excluding steroid dienone is 2. The minimum atomic E-state index is -1.10. The van der Waals surface area contributed by atoms with Crippen LogP contribution in [0.15, 0.2) is 46.4 Å². The molecule has 1 fully saturated rings. The predicted molar refractivity (Wildman–Crippen MR) is 90.1 cm³/mol. The Hall–Kier alpha value is -1.22. The first kappa shape index (κ1) is 15.7. The first-order valence-corrected chi connectivity index (χ1v) is 9.47. The molecule has 2 aliphatic carbocycles. The average Bonchev–Trinajstić information content (AvgIpc) is 2.51. The fraction of sp³-hybridized carbons (Fsp3) is 0.526. The van der Waals surface area contributed by atoms with E-state index in [0.717, 1.165) is 30.6 Å². The van der Waals surface area contributed by atoms with Gasteiger partial charge in [0.05, 0.1) is 10.8 Å². The Bertz CT molecular complexity index is 632. The van der Waals surface area contributed by atoms with E-state index < -0.39 is 10.8 Å². The predicted octanol–water partition coefficient (Wildman–Crippen LogP) is 4.28. The van der Waals surface area contributed by atoms with Crippen LogP contribution in [0.5, 0.6) is 0 Å². The van der Waals surface area contributed by atoms with Gasteiger partial charge in [-0.2, -0.15) is 0 Å². The van der Waals surface area contributed by atoms with Crippen molar-refractivity contribution in [2.45, 2.75) is 50.8 Å². The molecule has 118 valence electrons. The molecule has 3 atom stereocenters. The summed E-state index contributed by atoms with van der Waals surface area (Å²) in [7, 11) is -1.10. The van der Waals surface area contributed by atoms with Gasteiger partial charge in [-0.25, -0.2) is 0 Å². The molecule has 2 aliphatic rings. The standard InChI is InChI=1S/C19H24O2S/c1-14-11-16-7-6-10-18(20)19(16,12-15(14)2)13-22(21)17-8-4-3-5-9-17/h3-5,8-9,16H,6-7,10-13H2,1-2H3/t16-,19+,22-/m1/s1. The first-order chi connectivity index (χ1) is 10.5. The summed E-state index contributed by atoms with van der Waals surface area (Å²) in [5.41, 5.74) is 2.38. The molecule has 0 radical (unpaired) electrons. The van der Waals surface area contributed by atoms with Crippen LogP contribution in [0.2, 0.25) is 0 Å². The fourth-order valence-electron chi connectivity index (χ4n) is 4.11. The number of fused-ring (bicyclic) bond motifs is 1. The highest BCUT2D eigenvalue weighted by Gasteiger charge is 2.50. The van der Waals surface area contributed by atoms with E-state index in [2.05, 4.69) is 13.8 Å². The van der Waals surface area contributed by atoms with Crippen molar-refractivity contribution in [2.75, 3.05) is 5.75 Å². The lowest BCUT2D eigenvalue weighted by molar-refractivity contribution is -0.134. The maximum Gasteiger partial charge on any atom is 0.140 e. The molecule has 0 bridgehead atoms. The second-order valence-corrected chi connectivity index (χ2v) is 8.36. The van der Waals surface area contributed by atoms with E-state index in [0.29, 0.717) is 23.9 Å². The zero-order valence-corrected chi connectivity index (χ0v) is 14.2. The summed E-state index contributed by atoms with van der Waals surface area (Å²) >= 11 is 0. The first-order valence-electron chi connectivity index (χ1n) is 8.15. The number of hydrogen-bond acceptors (Lipinski definition) is 2. The van der Waals surface area contributed by atoms with Gasteiger partial charge in [-0.1, -0.05) is 29.3 Å². The highest BCUT2D eigenvalue weighted by Crippen LogP contribution is 2.50. The van der Waals surface area contributed by atoms with E-state index >= 15 is 0 Å². The third-order valence-corrected chi connectivity index (χ3v) is 7.13. The molecule has 0 aromatic heterocycles. The van der Waals surface area contributed by atoms with Gasteiger partial charge < -0.3 is 0 Å². The van der Waals surface area contributed by atoms with Crippen LogP contribution in [0, 0.1) is 11.3 Å². The highest BCUT2D eigenvalue weighted by molar-refractivity contribution is 7.85. The third kappa shape index (κ3) is 2.71. The van der Waals surface area contributed by atoms with Crippen molar-refractivity contribution in [1.29, 1.82) is 0 Å². The Morgan fingerprint density at radius 3 is 2.64 bits per heavy atom. The van der Waals surface area contributed by atoms with E-state index in [1.54, 1.807) is 0 Å². The van der Waals surface area contributed by atoms with Crippen molar-refractivity contribution < 1.29 is 9.00 Å². The van der Waals surface area contributed by atoms with Gasteiger partial charge in [0.15, 0.2) is 0 Å². The smallest absolute Gasteiger partial charge is 0.140 e. The van der Waals surface area contributed by atoms with Crippen LogP contribution in [0.3, 0.4) is 0 Å². The van der Waals surface area contributed by atoms with Gasteiger partial charge in [0, 0.05) is 22.5 Å². The van der Waals surface area contributed by atoms with Gasteiger partial charge in [-0.05, 0) is 57.6 Å². The summed E-state index contributed by atoms with van der Waals surface area (Å²) in [6.45, 7) is 4.33. The maximum absolute atomic E-state index is 12.8. The minimum absolute atomic E-state index is 0.347. The number of hydrogen-bond donors (Lipinski definition) is 0. The molecule has 0 unspecified atom stereocenters. The van der Waals surface area contributed by atoms with Crippen molar-refractivity contribution in [1.82, 2.24) is 0 Å². The Morgan fingerprint density at radius 2 is 1.91 bits per heavy atom. The molecule has 22 heavy (non-hydrogen) atoms. The van der Waals surface area contributed by atoms with Crippen molar-refractivity contribution in [3.63, 3.8) is 0 Å².